The largest absolute Gasteiger partial charge is 0.327 e. The molecule has 1 heterocycles. The van der Waals surface area contributed by atoms with Crippen molar-refractivity contribution in [3.05, 3.63) is 29.6 Å². The first-order valence-corrected chi connectivity index (χ1v) is 3.50. The van der Waals surface area contributed by atoms with Crippen LogP contribution in [0.3, 0.4) is 0 Å². The van der Waals surface area contributed by atoms with E-state index in [1.807, 2.05) is 6.92 Å². The van der Waals surface area contributed by atoms with Crippen molar-refractivity contribution in [1.82, 2.24) is 4.98 Å². The Kier molecular flexibility index (Phi) is 2.54. The SMILES string of the molecule is Cc1ccc(C(F)CN)cn1. The third-order valence-electron chi connectivity index (χ3n) is 1.50. The summed E-state index contributed by atoms with van der Waals surface area (Å²) in [6, 6.07) is 3.48. The monoisotopic (exact) mass is 154 g/mol. The summed E-state index contributed by atoms with van der Waals surface area (Å²) in [4.78, 5) is 3.95. The second-order valence-corrected chi connectivity index (χ2v) is 2.44. The third-order valence-corrected chi connectivity index (χ3v) is 1.50. The van der Waals surface area contributed by atoms with Gasteiger partial charge in [0.2, 0.25) is 0 Å². The van der Waals surface area contributed by atoms with Crippen LogP contribution in [0.2, 0.25) is 0 Å². The van der Waals surface area contributed by atoms with Crippen LogP contribution in [0.5, 0.6) is 0 Å². The topological polar surface area (TPSA) is 38.9 Å². The van der Waals surface area contributed by atoms with Gasteiger partial charge in [0.25, 0.3) is 0 Å². The third kappa shape index (κ3) is 1.98. The first-order chi connectivity index (χ1) is 5.24. The fourth-order valence-electron chi connectivity index (χ4n) is 0.801. The zero-order valence-corrected chi connectivity index (χ0v) is 6.42. The van der Waals surface area contributed by atoms with Crippen molar-refractivity contribution >= 4 is 0 Å². The van der Waals surface area contributed by atoms with E-state index in [0.29, 0.717) is 5.56 Å². The molecule has 0 saturated carbocycles. The highest BCUT2D eigenvalue weighted by molar-refractivity contribution is 5.15. The maximum atomic E-state index is 12.8. The predicted octanol–water partition coefficient (Wildman–Crippen LogP) is 1.36. The van der Waals surface area contributed by atoms with Crippen molar-refractivity contribution in [2.45, 2.75) is 13.1 Å². The molecule has 1 unspecified atom stereocenters. The Hall–Kier alpha value is -0.960. The van der Waals surface area contributed by atoms with E-state index in [1.165, 1.54) is 6.20 Å². The number of hydrogen-bond donors (Lipinski definition) is 1. The van der Waals surface area contributed by atoms with E-state index in [-0.39, 0.29) is 6.54 Å². The Bertz CT molecular complexity index is 220. The molecule has 3 heteroatoms. The summed E-state index contributed by atoms with van der Waals surface area (Å²) >= 11 is 0. The van der Waals surface area contributed by atoms with E-state index >= 15 is 0 Å². The lowest BCUT2D eigenvalue weighted by Gasteiger charge is -2.03. The van der Waals surface area contributed by atoms with Crippen LogP contribution in [0.4, 0.5) is 4.39 Å². The molecule has 0 aliphatic rings. The lowest BCUT2D eigenvalue weighted by molar-refractivity contribution is 0.352. The normalized spacial score (nSPS) is 13.0. The highest BCUT2D eigenvalue weighted by atomic mass is 19.1. The van der Waals surface area contributed by atoms with Gasteiger partial charge in [0.1, 0.15) is 6.17 Å². The van der Waals surface area contributed by atoms with Gasteiger partial charge in [-0.15, -0.1) is 0 Å². The molecule has 2 nitrogen and oxygen atoms in total. The zero-order valence-electron chi connectivity index (χ0n) is 6.42. The number of hydrogen-bond acceptors (Lipinski definition) is 2. The van der Waals surface area contributed by atoms with Crippen LogP contribution in [0.25, 0.3) is 0 Å². The molecule has 0 bridgehead atoms. The molecular formula is C8H11FN2. The fourth-order valence-corrected chi connectivity index (χ4v) is 0.801. The molecule has 0 saturated heterocycles. The second kappa shape index (κ2) is 3.44. The van der Waals surface area contributed by atoms with Gasteiger partial charge >= 0.3 is 0 Å². The Morgan fingerprint density at radius 1 is 1.64 bits per heavy atom. The molecule has 0 radical (unpaired) electrons. The van der Waals surface area contributed by atoms with Crippen molar-refractivity contribution < 1.29 is 4.39 Å². The van der Waals surface area contributed by atoms with Crippen LogP contribution in [0.1, 0.15) is 17.4 Å². The molecule has 1 aromatic heterocycles. The minimum Gasteiger partial charge on any atom is -0.327 e. The number of aryl methyl sites for hydroxylation is 1. The molecule has 2 N–H and O–H groups in total. The van der Waals surface area contributed by atoms with Crippen molar-refractivity contribution in [1.29, 1.82) is 0 Å². The fraction of sp³-hybridized carbons (Fsp3) is 0.375. The standard InChI is InChI=1S/C8H11FN2/c1-6-2-3-7(5-11-6)8(9)4-10/h2-3,5,8H,4,10H2,1H3. The number of aromatic nitrogens is 1. The number of nitrogens with two attached hydrogens (primary N) is 1. The zero-order chi connectivity index (χ0) is 8.27. The number of pyridine rings is 1. The van der Waals surface area contributed by atoms with Gasteiger partial charge in [0.05, 0.1) is 0 Å². The van der Waals surface area contributed by atoms with Gasteiger partial charge in [-0.3, -0.25) is 4.98 Å². The Morgan fingerprint density at radius 3 is 2.82 bits per heavy atom. The smallest absolute Gasteiger partial charge is 0.139 e. The van der Waals surface area contributed by atoms with Crippen molar-refractivity contribution in [3.63, 3.8) is 0 Å². The quantitative estimate of drug-likeness (QED) is 0.698. The first-order valence-electron chi connectivity index (χ1n) is 3.50. The van der Waals surface area contributed by atoms with Crippen molar-refractivity contribution in [2.24, 2.45) is 5.73 Å². The summed E-state index contributed by atoms with van der Waals surface area (Å²) in [7, 11) is 0. The molecule has 0 amide bonds. The molecule has 60 valence electrons. The number of halogens is 1. The highest BCUT2D eigenvalue weighted by Crippen LogP contribution is 2.13. The van der Waals surface area contributed by atoms with E-state index in [1.54, 1.807) is 12.1 Å². The molecule has 11 heavy (non-hydrogen) atoms. The van der Waals surface area contributed by atoms with Gasteiger partial charge in [0.15, 0.2) is 0 Å². The number of nitrogens with zero attached hydrogens (tertiary/aromatic N) is 1. The van der Waals surface area contributed by atoms with Gasteiger partial charge in [-0.1, -0.05) is 6.07 Å². The van der Waals surface area contributed by atoms with Crippen LogP contribution >= 0.6 is 0 Å². The lowest BCUT2D eigenvalue weighted by atomic mass is 10.2. The predicted molar refractivity (Wildman–Crippen MR) is 41.9 cm³/mol. The summed E-state index contributed by atoms with van der Waals surface area (Å²) in [5, 5.41) is 0. The number of alkyl halides is 1. The van der Waals surface area contributed by atoms with E-state index in [2.05, 4.69) is 4.98 Å². The molecule has 1 aromatic rings. The summed E-state index contributed by atoms with van der Waals surface area (Å²) in [5.74, 6) is 0. The van der Waals surface area contributed by atoms with Crippen molar-refractivity contribution in [2.75, 3.05) is 6.54 Å². The van der Waals surface area contributed by atoms with Gasteiger partial charge < -0.3 is 5.73 Å². The van der Waals surface area contributed by atoms with Crippen LogP contribution < -0.4 is 5.73 Å². The highest BCUT2D eigenvalue weighted by Gasteiger charge is 2.05. The van der Waals surface area contributed by atoms with Crippen LogP contribution in [0, 0.1) is 6.92 Å². The summed E-state index contributed by atoms with van der Waals surface area (Å²) in [5.41, 5.74) is 6.58. The summed E-state index contributed by atoms with van der Waals surface area (Å²) in [6.07, 6.45) is 0.440. The van der Waals surface area contributed by atoms with Gasteiger partial charge in [-0.2, -0.15) is 0 Å². The van der Waals surface area contributed by atoms with Gasteiger partial charge in [0, 0.05) is 24.0 Å². The maximum Gasteiger partial charge on any atom is 0.139 e. The lowest BCUT2D eigenvalue weighted by Crippen LogP contribution is -2.07. The van der Waals surface area contributed by atoms with Gasteiger partial charge in [-0.25, -0.2) is 4.39 Å². The van der Waals surface area contributed by atoms with E-state index in [0.717, 1.165) is 5.69 Å². The van der Waals surface area contributed by atoms with E-state index < -0.39 is 6.17 Å². The maximum absolute atomic E-state index is 12.8. The second-order valence-electron chi connectivity index (χ2n) is 2.44. The van der Waals surface area contributed by atoms with E-state index in [9.17, 15) is 4.39 Å². The molecular weight excluding hydrogens is 143 g/mol. The van der Waals surface area contributed by atoms with Gasteiger partial charge in [-0.05, 0) is 13.0 Å². The first kappa shape index (κ1) is 8.14. The minimum absolute atomic E-state index is 0.0186. The summed E-state index contributed by atoms with van der Waals surface area (Å²) in [6.45, 7) is 1.88. The average Bonchev–Trinajstić information content (AvgIpc) is 2.05. The average molecular weight is 154 g/mol. The minimum atomic E-state index is -1.08. The molecule has 1 rings (SSSR count). The van der Waals surface area contributed by atoms with Crippen LogP contribution in [-0.2, 0) is 0 Å². The Labute approximate surface area is 65.3 Å². The van der Waals surface area contributed by atoms with Crippen LogP contribution in [0.15, 0.2) is 18.3 Å². The Balaban J connectivity index is 2.81. The van der Waals surface area contributed by atoms with E-state index in [4.69, 9.17) is 5.73 Å². The van der Waals surface area contributed by atoms with Crippen molar-refractivity contribution in [3.8, 4) is 0 Å². The Morgan fingerprint density at radius 2 is 2.36 bits per heavy atom. The number of rotatable bonds is 2. The molecule has 1 atom stereocenters. The molecule has 0 aromatic carbocycles. The molecule has 0 fully saturated rings. The molecule has 0 aliphatic heterocycles. The molecule has 0 spiro atoms. The van der Waals surface area contributed by atoms with Crippen LogP contribution in [-0.4, -0.2) is 11.5 Å². The molecule has 0 aliphatic carbocycles. The summed E-state index contributed by atoms with van der Waals surface area (Å²) < 4.78 is 12.8.